The van der Waals surface area contributed by atoms with Gasteiger partial charge in [0.05, 0.1) is 0 Å². The molecular formula is C109H116O. The molecule has 0 radical (unpaired) electrons. The van der Waals surface area contributed by atoms with Crippen molar-refractivity contribution in [3.8, 4) is 0 Å². The first kappa shape index (κ1) is 85.5. The lowest BCUT2D eigenvalue weighted by Crippen LogP contribution is -1.91. The van der Waals surface area contributed by atoms with E-state index in [-0.39, 0.29) is 6.10 Å². The number of rotatable bonds is 0. The van der Waals surface area contributed by atoms with Gasteiger partial charge in [0.1, 0.15) is 0 Å². The van der Waals surface area contributed by atoms with Crippen LogP contribution in [0.15, 0.2) is 400 Å². The van der Waals surface area contributed by atoms with E-state index in [0.717, 1.165) is 17.8 Å². The zero-order chi connectivity index (χ0) is 78.8. The molecule has 0 aliphatic heterocycles. The monoisotopic (exact) mass is 1440 g/mol. The van der Waals surface area contributed by atoms with Crippen LogP contribution >= 0.6 is 0 Å². The summed E-state index contributed by atoms with van der Waals surface area (Å²) >= 11 is 0. The van der Waals surface area contributed by atoms with E-state index >= 15 is 0 Å². The molecule has 0 saturated carbocycles. The predicted molar refractivity (Wildman–Crippen MR) is 497 cm³/mol. The Labute approximate surface area is 658 Å². The Morgan fingerprint density at radius 1 is 0.127 bits per heavy atom. The van der Waals surface area contributed by atoms with Gasteiger partial charge in [0.15, 0.2) is 0 Å². The fourth-order valence-electron chi connectivity index (χ4n) is 12.1. The maximum atomic E-state index is 8.06. The van der Waals surface area contributed by atoms with Crippen molar-refractivity contribution in [2.75, 3.05) is 0 Å². The molecular weight excluding hydrogens is 1330 g/mol. The highest BCUT2D eigenvalue weighted by Gasteiger charge is 2.19. The van der Waals surface area contributed by atoms with Gasteiger partial charge in [-0.15, -0.1) is 0 Å². The predicted octanol–water partition coefficient (Wildman–Crippen LogP) is 33.1. The van der Waals surface area contributed by atoms with E-state index in [1.54, 1.807) is 13.8 Å². The molecule has 20 rings (SSSR count). The van der Waals surface area contributed by atoms with Crippen molar-refractivity contribution in [1.29, 1.82) is 0 Å². The minimum absolute atomic E-state index is 0.167. The second-order valence-corrected chi connectivity index (χ2v) is 28.5. The van der Waals surface area contributed by atoms with E-state index in [2.05, 4.69) is 426 Å². The first-order chi connectivity index (χ1) is 53.6. The molecule has 20 aromatic carbocycles. The van der Waals surface area contributed by atoms with E-state index in [9.17, 15) is 0 Å². The average molecular weight is 1440 g/mol. The molecule has 0 aromatic heterocycles. The summed E-state index contributed by atoms with van der Waals surface area (Å²) in [6.07, 6.45) is -0.167. The van der Waals surface area contributed by atoms with E-state index < -0.39 is 0 Å². The van der Waals surface area contributed by atoms with Gasteiger partial charge in [0.2, 0.25) is 0 Å². The summed E-state index contributed by atoms with van der Waals surface area (Å²) in [5.41, 5.74) is 0. The van der Waals surface area contributed by atoms with Crippen molar-refractivity contribution in [1.82, 2.24) is 0 Å². The Morgan fingerprint density at radius 2 is 0.191 bits per heavy atom. The standard InChI is InChI=1S/C24H12.6C10H8.C6H6.3C4H10.C3H8O.2C2H6/c1-2-14-5-6-16-9-11-18-12-10-17-8-7-15-4-3-13(1)19-20(14)22(16)24(18)23(17)21(15)19;6*1-2-6-10-8-4-3-7-9(10)5-1;1-2-4-6-5-3-1;3*1-4(2)3;1-3(2)4;2*1-2/h1-12H;6*1-8H;1-6H;3*4H,1-3H3;3-4H,1-2H3;2*1-2H3. The van der Waals surface area contributed by atoms with Gasteiger partial charge < -0.3 is 5.11 Å². The third kappa shape index (κ3) is 26.9. The highest BCUT2D eigenvalue weighted by molar-refractivity contribution is 6.44. The van der Waals surface area contributed by atoms with Crippen LogP contribution in [-0.4, -0.2) is 11.2 Å². The minimum atomic E-state index is -0.167. The molecule has 558 valence electrons. The quantitative estimate of drug-likeness (QED) is 0.119. The van der Waals surface area contributed by atoms with E-state index in [1.165, 1.54) is 129 Å². The molecule has 0 aliphatic rings. The Bertz CT molecular complexity index is 4410. The SMILES string of the molecule is CC.CC.CC(C)C.CC(C)C.CC(C)C.CC(C)O.c1cc2ccc3ccc4ccc5ccc6ccc1c1c2c3c4c5c61.c1ccc2ccccc2c1.c1ccc2ccccc2c1.c1ccc2ccccc2c1.c1ccc2ccccc2c1.c1ccc2ccccc2c1.c1ccc2ccccc2c1.c1ccccc1. The molecule has 1 heteroatoms. The van der Waals surface area contributed by atoms with Gasteiger partial charge in [-0.05, 0) is 161 Å². The van der Waals surface area contributed by atoms with Gasteiger partial charge in [-0.1, -0.05) is 490 Å². The molecule has 0 spiro atoms. The molecule has 0 heterocycles. The summed E-state index contributed by atoms with van der Waals surface area (Å²) in [6, 6.07) is 140. The smallest absolute Gasteiger partial charge is 0.0483 e. The summed E-state index contributed by atoms with van der Waals surface area (Å²) in [7, 11) is 0. The highest BCUT2D eigenvalue weighted by atomic mass is 16.3. The van der Waals surface area contributed by atoms with Crippen molar-refractivity contribution < 1.29 is 5.11 Å². The molecule has 0 saturated heterocycles. The minimum Gasteiger partial charge on any atom is -0.394 e. The second kappa shape index (κ2) is 47.1. The van der Waals surface area contributed by atoms with Gasteiger partial charge in [0, 0.05) is 6.10 Å². The normalized spacial score (nSPS) is 10.1. The summed E-state index contributed by atoms with van der Waals surface area (Å²) in [6.45, 7) is 30.9. The van der Waals surface area contributed by atoms with Gasteiger partial charge in [-0.25, -0.2) is 0 Å². The maximum absolute atomic E-state index is 8.06. The number of aliphatic hydroxyl groups excluding tert-OH is 1. The molecule has 20 aromatic rings. The lowest BCUT2D eigenvalue weighted by molar-refractivity contribution is 0.216. The molecule has 0 bridgehead atoms. The van der Waals surface area contributed by atoms with Crippen LogP contribution < -0.4 is 0 Å². The van der Waals surface area contributed by atoms with Crippen molar-refractivity contribution in [2.24, 2.45) is 17.8 Å². The second-order valence-electron chi connectivity index (χ2n) is 28.5. The van der Waals surface area contributed by atoms with Crippen LogP contribution in [0, 0.1) is 17.8 Å². The van der Waals surface area contributed by atoms with Crippen LogP contribution in [0.2, 0.25) is 0 Å². The summed E-state index contributed by atoms with van der Waals surface area (Å²) in [5.74, 6) is 2.50. The van der Waals surface area contributed by atoms with Crippen LogP contribution in [0.4, 0.5) is 0 Å². The van der Waals surface area contributed by atoms with Crippen molar-refractivity contribution >= 4 is 129 Å². The van der Waals surface area contributed by atoms with Crippen LogP contribution in [0.25, 0.3) is 129 Å². The van der Waals surface area contributed by atoms with Crippen LogP contribution in [0.5, 0.6) is 0 Å². The number of hydrogen-bond donors (Lipinski definition) is 1. The average Bonchev–Trinajstić information content (AvgIpc) is 0.690. The molecule has 0 fully saturated rings. The Balaban J connectivity index is 0.000000174. The van der Waals surface area contributed by atoms with Crippen LogP contribution in [-0.2, 0) is 0 Å². The number of fused-ring (bicyclic) bond motifs is 6. The Kier molecular flexibility index (Phi) is 36.6. The van der Waals surface area contributed by atoms with Crippen molar-refractivity contribution in [2.45, 2.75) is 110 Å². The van der Waals surface area contributed by atoms with Gasteiger partial charge in [-0.3, -0.25) is 0 Å². The molecule has 110 heavy (non-hydrogen) atoms. The molecule has 0 atom stereocenters. The molecule has 1 nitrogen and oxygen atoms in total. The summed E-state index contributed by atoms with van der Waals surface area (Å²) in [4.78, 5) is 0. The van der Waals surface area contributed by atoms with Gasteiger partial charge >= 0.3 is 0 Å². The first-order valence-electron chi connectivity index (χ1n) is 39.5. The third-order valence-corrected chi connectivity index (χ3v) is 16.5. The molecule has 0 unspecified atom stereocenters. The topological polar surface area (TPSA) is 20.2 Å². The first-order valence-corrected chi connectivity index (χ1v) is 39.5. The lowest BCUT2D eigenvalue weighted by Gasteiger charge is -2.20. The van der Waals surface area contributed by atoms with Crippen LogP contribution in [0.1, 0.15) is 104 Å². The summed E-state index contributed by atoms with van der Waals surface area (Å²) in [5, 5.41) is 40.5. The zero-order valence-electron chi connectivity index (χ0n) is 67.9. The number of benzene rings is 20. The highest BCUT2D eigenvalue weighted by Crippen LogP contribution is 2.48. The largest absolute Gasteiger partial charge is 0.394 e. The van der Waals surface area contributed by atoms with E-state index in [4.69, 9.17) is 5.11 Å². The van der Waals surface area contributed by atoms with Gasteiger partial charge in [0.25, 0.3) is 0 Å². The Hall–Kier alpha value is -11.7. The molecule has 0 amide bonds. The van der Waals surface area contributed by atoms with E-state index in [1.807, 2.05) is 64.1 Å². The molecule has 0 aliphatic carbocycles. The zero-order valence-corrected chi connectivity index (χ0v) is 67.9. The van der Waals surface area contributed by atoms with Crippen molar-refractivity contribution in [3.05, 3.63) is 400 Å². The third-order valence-electron chi connectivity index (χ3n) is 16.5. The van der Waals surface area contributed by atoms with Gasteiger partial charge in [-0.2, -0.15) is 0 Å². The fourth-order valence-corrected chi connectivity index (χ4v) is 12.1. The summed E-state index contributed by atoms with van der Waals surface area (Å²) < 4.78 is 0. The maximum Gasteiger partial charge on any atom is 0.0483 e. The lowest BCUT2D eigenvalue weighted by atomic mass is 9.83. The Morgan fingerprint density at radius 3 is 0.255 bits per heavy atom. The van der Waals surface area contributed by atoms with Crippen LogP contribution in [0.3, 0.4) is 0 Å². The number of aliphatic hydroxyl groups is 1. The molecule has 1 N–H and O–H groups in total. The van der Waals surface area contributed by atoms with E-state index in [0.29, 0.717) is 0 Å². The van der Waals surface area contributed by atoms with Crippen molar-refractivity contribution in [3.63, 3.8) is 0 Å². The fraction of sp³-hybridized carbons (Fsp3) is 0.174. The number of hydrogen-bond acceptors (Lipinski definition) is 1.